The maximum Gasteiger partial charge on any atom is 0.0788 e. The number of pyridine rings is 1. The molecule has 1 spiro atoms. The Kier molecular flexibility index (Phi) is 5.38. The molecule has 0 aliphatic heterocycles. The summed E-state index contributed by atoms with van der Waals surface area (Å²) in [5, 5.41) is 6.10. The summed E-state index contributed by atoms with van der Waals surface area (Å²) in [4.78, 5) is 5.44. The molecule has 49 heavy (non-hydrogen) atoms. The number of hydrogen-bond donors (Lipinski definition) is 0. The van der Waals surface area contributed by atoms with Gasteiger partial charge in [-0.1, -0.05) is 146 Å². The molecule has 1 heteroatoms. The fraction of sp³-hybridized carbons (Fsp3) is 0.0208. The van der Waals surface area contributed by atoms with Crippen molar-refractivity contribution >= 4 is 32.4 Å². The van der Waals surface area contributed by atoms with Crippen LogP contribution in [0.4, 0.5) is 0 Å². The van der Waals surface area contributed by atoms with Crippen LogP contribution in [-0.4, -0.2) is 4.98 Å². The van der Waals surface area contributed by atoms with Gasteiger partial charge in [-0.15, -0.1) is 0 Å². The zero-order chi connectivity index (χ0) is 32.1. The van der Waals surface area contributed by atoms with Gasteiger partial charge in [-0.05, 0) is 102 Å². The van der Waals surface area contributed by atoms with Gasteiger partial charge < -0.3 is 0 Å². The second-order valence-electron chi connectivity index (χ2n) is 13.5. The van der Waals surface area contributed by atoms with Crippen molar-refractivity contribution in [2.45, 2.75) is 5.41 Å². The Balaban J connectivity index is 1.23. The fourth-order valence-electron chi connectivity index (χ4n) is 8.97. The third-order valence-corrected chi connectivity index (χ3v) is 11.0. The average molecular weight is 620 g/mol. The Morgan fingerprint density at radius 3 is 1.67 bits per heavy atom. The lowest BCUT2D eigenvalue weighted by Crippen LogP contribution is -2.25. The van der Waals surface area contributed by atoms with E-state index in [0.29, 0.717) is 0 Å². The maximum absolute atomic E-state index is 5.44. The molecule has 8 aromatic carbocycles. The van der Waals surface area contributed by atoms with Crippen LogP contribution in [-0.2, 0) is 5.41 Å². The van der Waals surface area contributed by atoms with Gasteiger partial charge in [0.15, 0.2) is 0 Å². The summed E-state index contributed by atoms with van der Waals surface area (Å²) in [5.41, 5.74) is 15.8. The third-order valence-electron chi connectivity index (χ3n) is 11.0. The van der Waals surface area contributed by atoms with Crippen LogP contribution < -0.4 is 0 Å². The van der Waals surface area contributed by atoms with Gasteiger partial charge in [0.2, 0.25) is 0 Å². The van der Waals surface area contributed by atoms with Crippen molar-refractivity contribution in [1.82, 2.24) is 4.98 Å². The molecule has 0 bridgehead atoms. The Bertz CT molecular complexity index is 2790. The number of nitrogens with zero attached hydrogens (tertiary/aromatic N) is 1. The number of hydrogen-bond acceptors (Lipinski definition) is 1. The third kappa shape index (κ3) is 3.57. The first-order valence-corrected chi connectivity index (χ1v) is 17.0. The zero-order valence-corrected chi connectivity index (χ0v) is 26.7. The quantitative estimate of drug-likeness (QED) is 0.175. The molecule has 226 valence electrons. The van der Waals surface area contributed by atoms with Gasteiger partial charge in [-0.3, -0.25) is 0 Å². The highest BCUT2D eigenvalue weighted by Gasteiger charge is 2.51. The van der Waals surface area contributed by atoms with Crippen LogP contribution >= 0.6 is 0 Å². The van der Waals surface area contributed by atoms with Crippen LogP contribution in [0.2, 0.25) is 0 Å². The minimum Gasteiger partial charge on any atom is -0.247 e. The largest absolute Gasteiger partial charge is 0.247 e. The summed E-state index contributed by atoms with van der Waals surface area (Å²) in [6.45, 7) is 0. The molecule has 1 heterocycles. The van der Waals surface area contributed by atoms with E-state index < -0.39 is 5.41 Å². The van der Waals surface area contributed by atoms with Gasteiger partial charge in [0.25, 0.3) is 0 Å². The van der Waals surface area contributed by atoms with E-state index in [0.717, 1.165) is 16.8 Å². The smallest absolute Gasteiger partial charge is 0.0788 e. The molecule has 9 aromatic rings. The molecule has 0 radical (unpaired) electrons. The molecular formula is C48H29N. The van der Waals surface area contributed by atoms with Gasteiger partial charge in [0, 0.05) is 16.3 Å². The summed E-state index contributed by atoms with van der Waals surface area (Å²) in [6, 6.07) is 64.9. The first kappa shape index (κ1) is 26.7. The van der Waals surface area contributed by atoms with Crippen LogP contribution in [0.5, 0.6) is 0 Å². The number of fused-ring (bicyclic) bond motifs is 14. The molecule has 2 aliphatic rings. The van der Waals surface area contributed by atoms with E-state index >= 15 is 0 Å². The van der Waals surface area contributed by atoms with E-state index in [9.17, 15) is 0 Å². The molecule has 0 atom stereocenters. The lowest BCUT2D eigenvalue weighted by Gasteiger charge is -2.30. The molecule has 0 N–H and O–H groups in total. The predicted octanol–water partition coefficient (Wildman–Crippen LogP) is 12.2. The second kappa shape index (κ2) is 9.86. The zero-order valence-electron chi connectivity index (χ0n) is 26.7. The lowest BCUT2D eigenvalue weighted by molar-refractivity contribution is 0.795. The first-order chi connectivity index (χ1) is 24.3. The molecule has 0 saturated heterocycles. The predicted molar refractivity (Wildman–Crippen MR) is 204 cm³/mol. The van der Waals surface area contributed by atoms with Crippen molar-refractivity contribution in [1.29, 1.82) is 0 Å². The van der Waals surface area contributed by atoms with Crippen molar-refractivity contribution in [3.8, 4) is 44.6 Å². The van der Waals surface area contributed by atoms with Gasteiger partial charge in [0.1, 0.15) is 0 Å². The topological polar surface area (TPSA) is 12.9 Å². The van der Waals surface area contributed by atoms with Gasteiger partial charge in [-0.25, -0.2) is 4.98 Å². The SMILES string of the molecule is c1cc(-c2ccc3ccccc3c2)cc(-c2nc3ccccc3c3cc4c(cc23)C2(c3ccccc3-c3ccccc32)c2ccccc2-4)c1. The molecule has 0 saturated carbocycles. The highest BCUT2D eigenvalue weighted by Crippen LogP contribution is 2.63. The molecule has 0 fully saturated rings. The normalized spacial score (nSPS) is 13.5. The van der Waals surface area contributed by atoms with Crippen LogP contribution in [0, 0.1) is 0 Å². The maximum atomic E-state index is 5.44. The fourth-order valence-corrected chi connectivity index (χ4v) is 8.97. The van der Waals surface area contributed by atoms with Crippen molar-refractivity contribution in [2.24, 2.45) is 0 Å². The van der Waals surface area contributed by atoms with E-state index in [4.69, 9.17) is 4.98 Å². The van der Waals surface area contributed by atoms with Crippen LogP contribution in [0.1, 0.15) is 22.3 Å². The van der Waals surface area contributed by atoms with Crippen molar-refractivity contribution in [2.75, 3.05) is 0 Å². The van der Waals surface area contributed by atoms with E-state index in [-0.39, 0.29) is 0 Å². The first-order valence-electron chi connectivity index (χ1n) is 17.0. The summed E-state index contributed by atoms with van der Waals surface area (Å²) in [5.74, 6) is 0. The Morgan fingerprint density at radius 2 is 0.918 bits per heavy atom. The van der Waals surface area contributed by atoms with Crippen molar-refractivity contribution in [3.63, 3.8) is 0 Å². The number of rotatable bonds is 2. The number of para-hydroxylation sites is 1. The van der Waals surface area contributed by atoms with Crippen LogP contribution in [0.15, 0.2) is 176 Å². The summed E-state index contributed by atoms with van der Waals surface area (Å²) in [6.07, 6.45) is 0. The van der Waals surface area contributed by atoms with Gasteiger partial charge in [-0.2, -0.15) is 0 Å². The van der Waals surface area contributed by atoms with E-state index in [1.54, 1.807) is 0 Å². The summed E-state index contributed by atoms with van der Waals surface area (Å²) >= 11 is 0. The molecule has 2 aliphatic carbocycles. The highest BCUT2D eigenvalue weighted by atomic mass is 14.7. The number of benzene rings is 8. The van der Waals surface area contributed by atoms with Gasteiger partial charge >= 0.3 is 0 Å². The minimum absolute atomic E-state index is 0.400. The Morgan fingerprint density at radius 1 is 0.327 bits per heavy atom. The van der Waals surface area contributed by atoms with Crippen molar-refractivity contribution < 1.29 is 0 Å². The molecule has 1 nitrogen and oxygen atoms in total. The second-order valence-corrected chi connectivity index (χ2v) is 13.5. The number of aromatic nitrogens is 1. The summed E-state index contributed by atoms with van der Waals surface area (Å²) < 4.78 is 0. The van der Waals surface area contributed by atoms with Crippen LogP contribution in [0.25, 0.3) is 77.1 Å². The molecule has 0 amide bonds. The standard InChI is InChI=1S/C48H29N/c1-2-13-31-26-33(25-24-30(31)12-1)32-14-11-15-34(27-32)47-41-29-45-40(28-39(41)38-19-6-10-23-46(38)49-47)37-18-5-9-22-44(37)48(45)42-20-7-3-16-35(42)36-17-4-8-21-43(36)48/h1-29H. The Labute approximate surface area is 284 Å². The van der Waals surface area contributed by atoms with E-state index in [1.807, 2.05) is 0 Å². The van der Waals surface area contributed by atoms with Crippen molar-refractivity contribution in [3.05, 3.63) is 198 Å². The molecule has 11 rings (SSSR count). The summed E-state index contributed by atoms with van der Waals surface area (Å²) in [7, 11) is 0. The van der Waals surface area contributed by atoms with E-state index in [1.165, 1.54) is 82.6 Å². The monoisotopic (exact) mass is 619 g/mol. The minimum atomic E-state index is -0.400. The average Bonchev–Trinajstić information content (AvgIpc) is 3.64. The van der Waals surface area contributed by atoms with E-state index in [2.05, 4.69) is 176 Å². The molecule has 1 aromatic heterocycles. The molecular weight excluding hydrogens is 591 g/mol. The molecule has 0 unspecified atom stereocenters. The Hall–Kier alpha value is -6.31. The lowest BCUT2D eigenvalue weighted by atomic mass is 9.70. The highest BCUT2D eigenvalue weighted by molar-refractivity contribution is 6.14. The van der Waals surface area contributed by atoms with Crippen LogP contribution in [0.3, 0.4) is 0 Å². The van der Waals surface area contributed by atoms with Gasteiger partial charge in [0.05, 0.1) is 16.6 Å².